The zero-order valence-electron chi connectivity index (χ0n) is 18.8. The Morgan fingerprint density at radius 1 is 1.30 bits per heavy atom. The van der Waals surface area contributed by atoms with E-state index < -0.39 is 27.1 Å². The first-order valence-corrected chi connectivity index (χ1v) is 12.2. The summed E-state index contributed by atoms with van der Waals surface area (Å²) in [5, 5.41) is 19.0. The van der Waals surface area contributed by atoms with Gasteiger partial charge in [-0.3, -0.25) is 0 Å². The zero-order chi connectivity index (χ0) is 24.6. The number of nitrogens with one attached hydrogen (secondary N) is 2. The summed E-state index contributed by atoms with van der Waals surface area (Å²) in [4.78, 5) is 24.8. The fraction of sp³-hybridized carbons (Fsp3) is 0.391. The van der Waals surface area contributed by atoms with Crippen molar-refractivity contribution in [3.8, 4) is 0 Å². The van der Waals surface area contributed by atoms with Crippen molar-refractivity contribution in [2.24, 2.45) is 0 Å². The summed E-state index contributed by atoms with van der Waals surface area (Å²) in [6.45, 7) is 4.71. The third kappa shape index (κ3) is 7.28. The first-order valence-electron chi connectivity index (χ1n) is 10.5. The van der Waals surface area contributed by atoms with E-state index in [0.29, 0.717) is 18.2 Å². The summed E-state index contributed by atoms with van der Waals surface area (Å²) in [6.07, 6.45) is 8.07. The Balaban J connectivity index is 0.000000414. The van der Waals surface area contributed by atoms with E-state index in [4.69, 9.17) is 10.2 Å². The molecule has 1 saturated heterocycles. The molecule has 4 N–H and O–H groups in total. The number of hydrogen-bond donors (Lipinski definition) is 4. The number of benzene rings is 1. The highest BCUT2D eigenvalue weighted by molar-refractivity contribution is 7.91. The van der Waals surface area contributed by atoms with Crippen LogP contribution < -0.4 is 5.32 Å². The van der Waals surface area contributed by atoms with E-state index in [2.05, 4.69) is 35.0 Å². The van der Waals surface area contributed by atoms with Gasteiger partial charge in [-0.15, -0.1) is 6.58 Å². The highest BCUT2D eigenvalue weighted by Gasteiger charge is 2.26. The molecule has 0 spiro atoms. The minimum Gasteiger partial charge on any atom is -0.478 e. The number of likely N-dealkylation sites (N-methyl/N-ethyl adjacent to an activating group) is 1. The Kier molecular flexibility index (Phi) is 9.39. The van der Waals surface area contributed by atoms with E-state index in [-0.39, 0.29) is 5.75 Å². The average Bonchev–Trinajstić information content (AvgIpc) is 3.33. The van der Waals surface area contributed by atoms with Crippen molar-refractivity contribution in [1.82, 2.24) is 15.2 Å². The molecular weight excluding hydrogens is 446 g/mol. The molecule has 1 fully saturated rings. The molecular formula is C23H31N3O6S. The highest BCUT2D eigenvalue weighted by Crippen LogP contribution is 2.29. The molecule has 2 atom stereocenters. The van der Waals surface area contributed by atoms with Crippen LogP contribution in [0.3, 0.4) is 0 Å². The second-order valence-electron chi connectivity index (χ2n) is 7.90. The third-order valence-electron chi connectivity index (χ3n) is 5.56. The molecule has 0 radical (unpaired) electrons. The van der Waals surface area contributed by atoms with Gasteiger partial charge in [-0.25, -0.2) is 18.0 Å². The number of aromatic amines is 1. The summed E-state index contributed by atoms with van der Waals surface area (Å²) in [6, 6.07) is 6.43. The SMILES string of the molecule is C=CCS(=O)(=O)C(NC)c1ccc2[nH]cc(CC3CCCN3C)c2c1.O=C(O)/C=C/C(=O)O. The highest BCUT2D eigenvalue weighted by atomic mass is 32.2. The van der Waals surface area contributed by atoms with Gasteiger partial charge in [-0.1, -0.05) is 12.1 Å². The average molecular weight is 478 g/mol. The van der Waals surface area contributed by atoms with Gasteiger partial charge in [0.15, 0.2) is 9.84 Å². The summed E-state index contributed by atoms with van der Waals surface area (Å²) in [7, 11) is 0.540. The van der Waals surface area contributed by atoms with Crippen LogP contribution in [0, 0.1) is 0 Å². The number of likely N-dealkylation sites (tertiary alicyclic amines) is 1. The fourth-order valence-corrected chi connectivity index (χ4v) is 5.42. The minimum absolute atomic E-state index is 0.0383. The normalized spacial score (nSPS) is 17.6. The van der Waals surface area contributed by atoms with Crippen LogP contribution in [0.15, 0.2) is 49.2 Å². The number of fused-ring (bicyclic) bond motifs is 1. The van der Waals surface area contributed by atoms with Gasteiger partial charge in [0.25, 0.3) is 0 Å². The molecule has 1 aromatic heterocycles. The number of H-pyrrole nitrogens is 1. The number of aliphatic carboxylic acids is 2. The molecule has 33 heavy (non-hydrogen) atoms. The molecule has 180 valence electrons. The van der Waals surface area contributed by atoms with Crippen LogP contribution in [0.25, 0.3) is 10.9 Å². The Hall–Kier alpha value is -2.95. The van der Waals surface area contributed by atoms with Gasteiger partial charge in [0, 0.05) is 35.3 Å². The van der Waals surface area contributed by atoms with Gasteiger partial charge in [0.1, 0.15) is 5.37 Å². The Morgan fingerprint density at radius 2 is 1.97 bits per heavy atom. The molecule has 1 aliphatic rings. The number of carbonyl (C=O) groups is 2. The van der Waals surface area contributed by atoms with E-state index in [1.54, 1.807) is 7.05 Å². The third-order valence-corrected chi connectivity index (χ3v) is 7.49. The topological polar surface area (TPSA) is 140 Å². The van der Waals surface area contributed by atoms with Crippen molar-refractivity contribution in [2.75, 3.05) is 26.4 Å². The fourth-order valence-electron chi connectivity index (χ4n) is 3.98. The molecule has 3 rings (SSSR count). The first kappa shape index (κ1) is 26.3. The van der Waals surface area contributed by atoms with Crippen molar-refractivity contribution in [3.05, 3.63) is 60.3 Å². The molecule has 0 amide bonds. The molecule has 10 heteroatoms. The van der Waals surface area contributed by atoms with Crippen LogP contribution >= 0.6 is 0 Å². The van der Waals surface area contributed by atoms with Crippen LogP contribution in [0.1, 0.15) is 29.3 Å². The Morgan fingerprint density at radius 3 is 2.48 bits per heavy atom. The maximum Gasteiger partial charge on any atom is 0.328 e. The largest absolute Gasteiger partial charge is 0.478 e. The van der Waals surface area contributed by atoms with Gasteiger partial charge in [-0.05, 0) is 63.2 Å². The molecule has 0 saturated carbocycles. The van der Waals surface area contributed by atoms with E-state index >= 15 is 0 Å². The van der Waals surface area contributed by atoms with Gasteiger partial charge in [-0.2, -0.15) is 0 Å². The molecule has 1 aliphatic heterocycles. The van der Waals surface area contributed by atoms with Crippen molar-refractivity contribution >= 4 is 32.7 Å². The number of nitrogens with zero attached hydrogens (tertiary/aromatic N) is 1. The van der Waals surface area contributed by atoms with Crippen LogP contribution in [-0.4, -0.2) is 72.9 Å². The van der Waals surface area contributed by atoms with Crippen LogP contribution in [0.4, 0.5) is 0 Å². The minimum atomic E-state index is -3.32. The maximum absolute atomic E-state index is 12.5. The number of rotatable bonds is 9. The first-order chi connectivity index (χ1) is 15.6. The zero-order valence-corrected chi connectivity index (χ0v) is 19.6. The predicted molar refractivity (Wildman–Crippen MR) is 128 cm³/mol. The van der Waals surface area contributed by atoms with E-state index in [9.17, 15) is 18.0 Å². The summed E-state index contributed by atoms with van der Waals surface area (Å²) < 4.78 is 25.0. The standard InChI is InChI=1S/C19H27N3O2S.C4H4O4/c1-4-10-25(23,24)19(20-2)14-7-8-18-17(12-14)15(13-21-18)11-16-6-5-9-22(16)3;5-3(6)1-2-4(7)8/h4,7-8,12-13,16,19-21H,1,5-6,9-11H2,2-3H3;1-2H,(H,5,6)(H,7,8)/b;2-1+. The van der Waals surface area contributed by atoms with Crippen molar-refractivity contribution in [1.29, 1.82) is 0 Å². The molecule has 0 bridgehead atoms. The summed E-state index contributed by atoms with van der Waals surface area (Å²) in [5.74, 6) is -2.55. The van der Waals surface area contributed by atoms with Crippen molar-refractivity contribution < 1.29 is 28.2 Å². The number of hydrogen-bond acceptors (Lipinski definition) is 6. The summed E-state index contributed by atoms with van der Waals surface area (Å²) >= 11 is 0. The van der Waals surface area contributed by atoms with Crippen LogP contribution in [-0.2, 0) is 25.8 Å². The quantitative estimate of drug-likeness (QED) is 0.319. The van der Waals surface area contributed by atoms with Crippen molar-refractivity contribution in [3.63, 3.8) is 0 Å². The molecule has 9 nitrogen and oxygen atoms in total. The molecule has 0 aliphatic carbocycles. The summed E-state index contributed by atoms with van der Waals surface area (Å²) in [5.41, 5.74) is 3.08. The maximum atomic E-state index is 12.5. The Bertz CT molecular complexity index is 1110. The lowest BCUT2D eigenvalue weighted by Gasteiger charge is -2.19. The van der Waals surface area contributed by atoms with Gasteiger partial charge < -0.3 is 25.4 Å². The van der Waals surface area contributed by atoms with Crippen LogP contribution in [0.2, 0.25) is 0 Å². The van der Waals surface area contributed by atoms with Gasteiger partial charge in [0.05, 0.1) is 5.75 Å². The predicted octanol–water partition coefficient (Wildman–Crippen LogP) is 2.34. The number of sulfone groups is 1. The van der Waals surface area contributed by atoms with Crippen LogP contribution in [0.5, 0.6) is 0 Å². The van der Waals surface area contributed by atoms with E-state index in [1.807, 2.05) is 18.2 Å². The second kappa shape index (κ2) is 11.8. The van der Waals surface area contributed by atoms with Crippen molar-refractivity contribution in [2.45, 2.75) is 30.7 Å². The lowest BCUT2D eigenvalue weighted by atomic mass is 10.0. The lowest BCUT2D eigenvalue weighted by Crippen LogP contribution is -2.27. The molecule has 2 heterocycles. The van der Waals surface area contributed by atoms with Gasteiger partial charge >= 0.3 is 11.9 Å². The van der Waals surface area contributed by atoms with E-state index in [1.165, 1.54) is 24.5 Å². The lowest BCUT2D eigenvalue weighted by molar-refractivity contribution is -0.134. The van der Waals surface area contributed by atoms with Gasteiger partial charge in [0.2, 0.25) is 0 Å². The monoisotopic (exact) mass is 477 g/mol. The molecule has 1 aromatic carbocycles. The van der Waals surface area contributed by atoms with E-state index in [0.717, 1.165) is 29.4 Å². The molecule has 2 unspecified atom stereocenters. The molecule has 2 aromatic rings. The smallest absolute Gasteiger partial charge is 0.328 e. The number of aromatic nitrogens is 1. The number of carboxylic acid groups (broad SMARTS) is 2. The Labute approximate surface area is 193 Å². The number of carboxylic acids is 2. The second-order valence-corrected chi connectivity index (χ2v) is 10.0.